The molecule has 0 radical (unpaired) electrons. The van der Waals surface area contributed by atoms with Crippen LogP contribution in [0, 0.1) is 3.57 Å². The number of hydrogen-bond acceptors (Lipinski definition) is 2. The highest BCUT2D eigenvalue weighted by atomic mass is 127. The second-order valence-corrected chi connectivity index (χ2v) is 7.67. The first-order chi connectivity index (χ1) is 8.63. The highest BCUT2D eigenvalue weighted by molar-refractivity contribution is 14.1. The van der Waals surface area contributed by atoms with Crippen molar-refractivity contribution < 1.29 is 0 Å². The molecule has 1 aromatic heterocycles. The zero-order chi connectivity index (χ0) is 13.1. The van der Waals surface area contributed by atoms with E-state index in [1.807, 2.05) is 0 Å². The summed E-state index contributed by atoms with van der Waals surface area (Å²) >= 11 is 11.4. The molecule has 2 rings (SSSR count). The molecule has 0 saturated carbocycles. The summed E-state index contributed by atoms with van der Waals surface area (Å²) < 4.78 is 3.57. The van der Waals surface area contributed by atoms with Gasteiger partial charge in [0.1, 0.15) is 0 Å². The molecule has 0 spiro atoms. The van der Waals surface area contributed by atoms with E-state index in [0.29, 0.717) is 0 Å². The number of nitrogens with one attached hydrogen (secondary N) is 1. The minimum atomic E-state index is 0.244. The van der Waals surface area contributed by atoms with Crippen molar-refractivity contribution in [3.05, 3.63) is 52.6 Å². The summed E-state index contributed by atoms with van der Waals surface area (Å²) in [5, 5.41) is 5.68. The summed E-state index contributed by atoms with van der Waals surface area (Å²) in [5.41, 5.74) is 1.31. The van der Waals surface area contributed by atoms with E-state index in [1.165, 1.54) is 18.5 Å². The van der Waals surface area contributed by atoms with Gasteiger partial charge in [-0.2, -0.15) is 0 Å². The fourth-order valence-corrected chi connectivity index (χ4v) is 4.52. The highest BCUT2D eigenvalue weighted by Gasteiger charge is 2.19. The van der Waals surface area contributed by atoms with Crippen molar-refractivity contribution in [2.24, 2.45) is 0 Å². The molecule has 0 aliphatic carbocycles. The first-order valence-corrected chi connectivity index (χ1v) is 9.09. The van der Waals surface area contributed by atoms with Crippen molar-refractivity contribution in [3.63, 3.8) is 0 Å². The summed E-state index contributed by atoms with van der Waals surface area (Å²) in [4.78, 5) is 1.33. The van der Waals surface area contributed by atoms with E-state index in [4.69, 9.17) is 0 Å². The Kier molecular flexibility index (Phi) is 5.68. The molecule has 0 fully saturated rings. The van der Waals surface area contributed by atoms with Crippen molar-refractivity contribution in [3.8, 4) is 0 Å². The van der Waals surface area contributed by atoms with Crippen molar-refractivity contribution >= 4 is 65.8 Å². The summed E-state index contributed by atoms with van der Waals surface area (Å²) in [6, 6.07) is 8.77. The van der Waals surface area contributed by atoms with Crippen LogP contribution in [0.25, 0.3) is 0 Å². The van der Waals surface area contributed by atoms with Gasteiger partial charge in [0.25, 0.3) is 0 Å². The van der Waals surface area contributed by atoms with E-state index >= 15 is 0 Å². The standard InChI is InChI=1S/C13H12Br2INS/c1-2-17-12(13-10(15)5-6-18-13)9-7-8(14)3-4-11(9)16/h3-7,12,17H,2H2,1H3. The molecular formula is C13H12Br2INS. The maximum atomic E-state index is 3.63. The fourth-order valence-electron chi connectivity index (χ4n) is 1.80. The topological polar surface area (TPSA) is 12.0 Å². The van der Waals surface area contributed by atoms with Crippen LogP contribution in [-0.2, 0) is 0 Å². The summed E-state index contributed by atoms with van der Waals surface area (Å²) in [6.07, 6.45) is 0. The van der Waals surface area contributed by atoms with Crippen LogP contribution in [-0.4, -0.2) is 6.54 Å². The van der Waals surface area contributed by atoms with Gasteiger partial charge >= 0.3 is 0 Å². The van der Waals surface area contributed by atoms with E-state index in [9.17, 15) is 0 Å². The van der Waals surface area contributed by atoms with Gasteiger partial charge in [-0.05, 0) is 80.3 Å². The Bertz CT molecular complexity index is 542. The number of rotatable bonds is 4. The van der Waals surface area contributed by atoms with Crippen LogP contribution in [0.1, 0.15) is 23.4 Å². The molecule has 0 bridgehead atoms. The maximum Gasteiger partial charge on any atom is 0.0693 e. The SMILES string of the molecule is CCNC(c1cc(Br)ccc1I)c1sccc1Br. The van der Waals surface area contributed by atoms with Crippen LogP contribution in [0.2, 0.25) is 0 Å². The molecule has 0 aliphatic rings. The van der Waals surface area contributed by atoms with Crippen LogP contribution in [0.3, 0.4) is 0 Å². The van der Waals surface area contributed by atoms with Crippen LogP contribution in [0.4, 0.5) is 0 Å². The Morgan fingerprint density at radius 2 is 2.11 bits per heavy atom. The molecule has 5 heteroatoms. The summed E-state index contributed by atoms with van der Waals surface area (Å²) in [7, 11) is 0. The zero-order valence-corrected chi connectivity index (χ0v) is 15.9. The molecule has 1 atom stereocenters. The molecule has 1 nitrogen and oxygen atoms in total. The summed E-state index contributed by atoms with van der Waals surface area (Å²) in [6.45, 7) is 3.08. The van der Waals surface area contributed by atoms with Gasteiger partial charge in [-0.25, -0.2) is 0 Å². The quantitative estimate of drug-likeness (QED) is 0.541. The predicted molar refractivity (Wildman–Crippen MR) is 94.4 cm³/mol. The molecule has 18 heavy (non-hydrogen) atoms. The van der Waals surface area contributed by atoms with Gasteiger partial charge in [-0.15, -0.1) is 11.3 Å². The van der Waals surface area contributed by atoms with Gasteiger partial charge in [0.05, 0.1) is 6.04 Å². The van der Waals surface area contributed by atoms with Crippen LogP contribution < -0.4 is 5.32 Å². The highest BCUT2D eigenvalue weighted by Crippen LogP contribution is 2.35. The van der Waals surface area contributed by atoms with Crippen LogP contribution in [0.5, 0.6) is 0 Å². The molecule has 1 heterocycles. The van der Waals surface area contributed by atoms with Crippen molar-refractivity contribution in [2.75, 3.05) is 6.54 Å². The molecule has 96 valence electrons. The smallest absolute Gasteiger partial charge is 0.0693 e. The lowest BCUT2D eigenvalue weighted by molar-refractivity contribution is 0.635. The number of hydrogen-bond donors (Lipinski definition) is 1. The molecule has 0 saturated heterocycles. The van der Waals surface area contributed by atoms with E-state index < -0.39 is 0 Å². The average Bonchev–Trinajstić information content (AvgIpc) is 2.76. The maximum absolute atomic E-state index is 3.63. The Hall–Kier alpha value is 0.570. The second kappa shape index (κ2) is 6.83. The molecule has 0 amide bonds. The Morgan fingerprint density at radius 3 is 2.72 bits per heavy atom. The number of halogens is 3. The van der Waals surface area contributed by atoms with Crippen molar-refractivity contribution in [1.82, 2.24) is 5.32 Å². The second-order valence-electron chi connectivity index (χ2n) is 3.79. The molecule has 1 N–H and O–H groups in total. The first-order valence-electron chi connectivity index (χ1n) is 5.54. The largest absolute Gasteiger partial charge is 0.306 e. The molecule has 0 aliphatic heterocycles. The minimum Gasteiger partial charge on any atom is -0.306 e. The van der Waals surface area contributed by atoms with E-state index in [1.54, 1.807) is 11.3 Å². The third-order valence-corrected chi connectivity index (χ3v) is 6.00. The normalized spacial score (nSPS) is 12.7. The van der Waals surface area contributed by atoms with Crippen LogP contribution >= 0.6 is 65.8 Å². The first kappa shape index (κ1) is 15.0. The van der Waals surface area contributed by atoms with Crippen molar-refractivity contribution in [1.29, 1.82) is 0 Å². The lowest BCUT2D eigenvalue weighted by atomic mass is 10.1. The number of thiophene rings is 1. The Morgan fingerprint density at radius 1 is 1.33 bits per heavy atom. The lowest BCUT2D eigenvalue weighted by Gasteiger charge is -2.19. The predicted octanol–water partition coefficient (Wildman–Crippen LogP) is 5.58. The van der Waals surface area contributed by atoms with Gasteiger partial charge in [-0.3, -0.25) is 0 Å². The third kappa shape index (κ3) is 3.36. The number of benzene rings is 1. The van der Waals surface area contributed by atoms with Gasteiger partial charge < -0.3 is 5.32 Å². The Labute approximate surface area is 142 Å². The fraction of sp³-hybridized carbons (Fsp3) is 0.231. The zero-order valence-electron chi connectivity index (χ0n) is 9.71. The monoisotopic (exact) mass is 499 g/mol. The average molecular weight is 501 g/mol. The van der Waals surface area contributed by atoms with Crippen molar-refractivity contribution in [2.45, 2.75) is 13.0 Å². The molecule has 1 unspecified atom stereocenters. The Balaban J connectivity index is 2.48. The minimum absolute atomic E-state index is 0.244. The van der Waals surface area contributed by atoms with Gasteiger partial charge in [-0.1, -0.05) is 22.9 Å². The van der Waals surface area contributed by atoms with E-state index in [2.05, 4.69) is 96.3 Å². The van der Waals surface area contributed by atoms with Gasteiger partial charge in [0.15, 0.2) is 0 Å². The molecular weight excluding hydrogens is 489 g/mol. The molecule has 1 aromatic carbocycles. The van der Waals surface area contributed by atoms with Crippen LogP contribution in [0.15, 0.2) is 38.6 Å². The third-order valence-electron chi connectivity index (χ3n) is 2.58. The van der Waals surface area contributed by atoms with Gasteiger partial charge in [0, 0.05) is 17.4 Å². The summed E-state index contributed by atoms with van der Waals surface area (Å²) in [5.74, 6) is 0. The van der Waals surface area contributed by atoms with E-state index in [0.717, 1.165) is 11.0 Å². The lowest BCUT2D eigenvalue weighted by Crippen LogP contribution is -2.22. The van der Waals surface area contributed by atoms with Gasteiger partial charge in [0.2, 0.25) is 0 Å². The molecule has 2 aromatic rings. The van der Waals surface area contributed by atoms with E-state index in [-0.39, 0.29) is 6.04 Å².